The molecule has 0 amide bonds. The molecule has 1 aromatic carbocycles. The Hall–Kier alpha value is -2.57. The predicted octanol–water partition coefficient (Wildman–Crippen LogP) is 2.38. The highest BCUT2D eigenvalue weighted by Gasteiger charge is 2.24. The van der Waals surface area contributed by atoms with Crippen molar-refractivity contribution in [2.24, 2.45) is 0 Å². The number of aryl methyl sites for hydroxylation is 2. The van der Waals surface area contributed by atoms with Crippen molar-refractivity contribution in [2.75, 3.05) is 20.8 Å². The van der Waals surface area contributed by atoms with Gasteiger partial charge >= 0.3 is 0 Å². The Morgan fingerprint density at radius 3 is 2.41 bits per heavy atom. The van der Waals surface area contributed by atoms with Gasteiger partial charge < -0.3 is 9.47 Å². The van der Waals surface area contributed by atoms with Crippen LogP contribution in [0.2, 0.25) is 0 Å². The Morgan fingerprint density at radius 1 is 1.23 bits per heavy atom. The summed E-state index contributed by atoms with van der Waals surface area (Å²) in [5.74, 6) is 1.12. The molecule has 0 unspecified atom stereocenters. The molecule has 0 aliphatic rings. The smallest absolute Gasteiger partial charge is 0.230 e. The molecule has 22 heavy (non-hydrogen) atoms. The summed E-state index contributed by atoms with van der Waals surface area (Å²) in [7, 11) is 3.08. The molecule has 1 heterocycles. The molecular formula is C15H19N3O4. The first-order valence-electron chi connectivity index (χ1n) is 6.82. The van der Waals surface area contributed by atoms with Gasteiger partial charge in [0.15, 0.2) is 11.5 Å². The van der Waals surface area contributed by atoms with Crippen molar-refractivity contribution in [3.63, 3.8) is 0 Å². The Bertz CT molecular complexity index is 681. The maximum Gasteiger partial charge on any atom is 0.230 e. The standard InChI is InChI=1S/C15H19N3O4/c1-10-7-11(2)18(16-10)13(9-17(19)20)12-5-6-14(21-3)15(8-12)22-4/h5-8,13H,9H2,1-4H3/t13-/m0/s1. The maximum absolute atomic E-state index is 11.1. The Labute approximate surface area is 128 Å². The third-order valence-electron chi connectivity index (χ3n) is 3.45. The van der Waals surface area contributed by atoms with Gasteiger partial charge in [0, 0.05) is 10.6 Å². The van der Waals surface area contributed by atoms with Gasteiger partial charge in [-0.25, -0.2) is 0 Å². The number of nitro groups is 1. The number of methoxy groups -OCH3 is 2. The molecule has 0 radical (unpaired) electrons. The van der Waals surface area contributed by atoms with E-state index in [9.17, 15) is 10.1 Å². The number of hydrogen-bond donors (Lipinski definition) is 0. The van der Waals surface area contributed by atoms with Crippen LogP contribution < -0.4 is 9.47 Å². The van der Waals surface area contributed by atoms with Crippen molar-refractivity contribution >= 4 is 0 Å². The Morgan fingerprint density at radius 2 is 1.91 bits per heavy atom. The van der Waals surface area contributed by atoms with Crippen LogP contribution in [-0.2, 0) is 0 Å². The Balaban J connectivity index is 2.50. The maximum atomic E-state index is 11.1. The largest absolute Gasteiger partial charge is 0.493 e. The van der Waals surface area contributed by atoms with E-state index in [0.29, 0.717) is 11.5 Å². The van der Waals surface area contributed by atoms with Crippen molar-refractivity contribution in [3.05, 3.63) is 51.3 Å². The minimum Gasteiger partial charge on any atom is -0.493 e. The Kier molecular flexibility index (Phi) is 4.65. The summed E-state index contributed by atoms with van der Waals surface area (Å²) in [5, 5.41) is 15.4. The first kappa shape index (κ1) is 15.8. The zero-order valence-corrected chi connectivity index (χ0v) is 13.1. The first-order valence-corrected chi connectivity index (χ1v) is 6.82. The van der Waals surface area contributed by atoms with E-state index in [2.05, 4.69) is 5.10 Å². The molecule has 2 rings (SSSR count). The van der Waals surface area contributed by atoms with Crippen LogP contribution in [0.5, 0.6) is 11.5 Å². The summed E-state index contributed by atoms with van der Waals surface area (Å²) in [4.78, 5) is 10.7. The first-order chi connectivity index (χ1) is 10.5. The fraction of sp³-hybridized carbons (Fsp3) is 0.400. The summed E-state index contributed by atoms with van der Waals surface area (Å²) < 4.78 is 12.2. The number of aromatic nitrogens is 2. The van der Waals surface area contributed by atoms with E-state index in [4.69, 9.17) is 9.47 Å². The second kappa shape index (κ2) is 6.46. The molecular weight excluding hydrogens is 286 g/mol. The number of ether oxygens (including phenoxy) is 2. The third kappa shape index (κ3) is 3.19. The van der Waals surface area contributed by atoms with Gasteiger partial charge in [0.05, 0.1) is 19.9 Å². The molecule has 0 spiro atoms. The molecule has 0 aliphatic carbocycles. The summed E-state index contributed by atoms with van der Waals surface area (Å²) in [6.07, 6.45) is 0. The summed E-state index contributed by atoms with van der Waals surface area (Å²) >= 11 is 0. The van der Waals surface area contributed by atoms with Crippen LogP contribution >= 0.6 is 0 Å². The molecule has 1 aromatic heterocycles. The van der Waals surface area contributed by atoms with Crippen molar-refractivity contribution in [1.82, 2.24) is 9.78 Å². The zero-order chi connectivity index (χ0) is 16.3. The van der Waals surface area contributed by atoms with Crippen molar-refractivity contribution in [2.45, 2.75) is 19.9 Å². The van der Waals surface area contributed by atoms with Crippen LogP contribution in [0.3, 0.4) is 0 Å². The molecule has 0 bridgehead atoms. The van der Waals surface area contributed by atoms with E-state index >= 15 is 0 Å². The fourth-order valence-corrected chi connectivity index (χ4v) is 2.49. The van der Waals surface area contributed by atoms with Crippen LogP contribution in [0.25, 0.3) is 0 Å². The lowest BCUT2D eigenvalue weighted by Gasteiger charge is -2.17. The topological polar surface area (TPSA) is 79.4 Å². The average molecular weight is 305 g/mol. The average Bonchev–Trinajstić information content (AvgIpc) is 2.82. The summed E-state index contributed by atoms with van der Waals surface area (Å²) in [6, 6.07) is 6.69. The van der Waals surface area contributed by atoms with Crippen molar-refractivity contribution in [3.8, 4) is 11.5 Å². The van der Waals surface area contributed by atoms with E-state index < -0.39 is 6.04 Å². The molecule has 7 heteroatoms. The molecule has 0 aliphatic heterocycles. The molecule has 0 N–H and O–H groups in total. The number of benzene rings is 1. The predicted molar refractivity (Wildman–Crippen MR) is 81.2 cm³/mol. The van der Waals surface area contributed by atoms with Gasteiger partial charge in [-0.15, -0.1) is 0 Å². The van der Waals surface area contributed by atoms with Gasteiger partial charge in [-0.1, -0.05) is 6.07 Å². The summed E-state index contributed by atoms with van der Waals surface area (Å²) in [6.45, 7) is 3.49. The molecule has 0 saturated carbocycles. The van der Waals surface area contributed by atoms with Gasteiger partial charge in [0.2, 0.25) is 6.54 Å². The highest BCUT2D eigenvalue weighted by Crippen LogP contribution is 2.31. The molecule has 0 saturated heterocycles. The summed E-state index contributed by atoms with van der Waals surface area (Å²) in [5.41, 5.74) is 2.45. The molecule has 2 aromatic rings. The quantitative estimate of drug-likeness (QED) is 0.604. The van der Waals surface area contributed by atoms with E-state index in [1.807, 2.05) is 19.9 Å². The fourth-order valence-electron chi connectivity index (χ4n) is 2.49. The lowest BCUT2D eigenvalue weighted by Crippen LogP contribution is -2.22. The zero-order valence-electron chi connectivity index (χ0n) is 13.1. The van der Waals surface area contributed by atoms with E-state index in [-0.39, 0.29) is 11.5 Å². The minimum absolute atomic E-state index is 0.253. The van der Waals surface area contributed by atoms with Crippen molar-refractivity contribution in [1.29, 1.82) is 0 Å². The lowest BCUT2D eigenvalue weighted by molar-refractivity contribution is -0.484. The monoisotopic (exact) mass is 305 g/mol. The lowest BCUT2D eigenvalue weighted by atomic mass is 10.1. The number of nitrogens with zero attached hydrogens (tertiary/aromatic N) is 3. The molecule has 7 nitrogen and oxygen atoms in total. The van der Waals surface area contributed by atoms with Crippen LogP contribution in [-0.4, -0.2) is 35.5 Å². The van der Waals surface area contributed by atoms with E-state index in [1.165, 1.54) is 7.11 Å². The minimum atomic E-state index is -0.497. The SMILES string of the molecule is COc1ccc([C@H](C[N+](=O)[O-])n2nc(C)cc2C)cc1OC. The van der Waals surface area contributed by atoms with Gasteiger partial charge in [0.1, 0.15) is 6.04 Å². The van der Waals surface area contributed by atoms with Crippen molar-refractivity contribution < 1.29 is 14.4 Å². The van der Waals surface area contributed by atoms with E-state index in [1.54, 1.807) is 30.0 Å². The third-order valence-corrected chi connectivity index (χ3v) is 3.45. The van der Waals surface area contributed by atoms with Gasteiger partial charge in [-0.3, -0.25) is 14.8 Å². The number of rotatable bonds is 6. The van der Waals surface area contributed by atoms with Gasteiger partial charge in [-0.2, -0.15) is 5.10 Å². The van der Waals surface area contributed by atoms with Crippen LogP contribution in [0.15, 0.2) is 24.3 Å². The highest BCUT2D eigenvalue weighted by molar-refractivity contribution is 5.44. The molecule has 118 valence electrons. The second-order valence-corrected chi connectivity index (χ2v) is 5.02. The number of hydrogen-bond acceptors (Lipinski definition) is 5. The van der Waals surface area contributed by atoms with Gasteiger partial charge in [-0.05, 0) is 37.6 Å². The van der Waals surface area contributed by atoms with Crippen LogP contribution in [0, 0.1) is 24.0 Å². The highest BCUT2D eigenvalue weighted by atomic mass is 16.6. The van der Waals surface area contributed by atoms with E-state index in [0.717, 1.165) is 17.0 Å². The molecule has 1 atom stereocenters. The molecule has 0 fully saturated rings. The van der Waals surface area contributed by atoms with Crippen LogP contribution in [0.1, 0.15) is 23.0 Å². The van der Waals surface area contributed by atoms with Gasteiger partial charge in [0.25, 0.3) is 0 Å². The second-order valence-electron chi connectivity index (χ2n) is 5.02. The van der Waals surface area contributed by atoms with Crippen LogP contribution in [0.4, 0.5) is 0 Å². The normalized spacial score (nSPS) is 12.0.